The number of hydrogen-bond donors (Lipinski definition) is 1. The molecule has 1 unspecified atom stereocenters. The van der Waals surface area contributed by atoms with Crippen molar-refractivity contribution in [2.75, 3.05) is 19.0 Å². The van der Waals surface area contributed by atoms with Crippen LogP contribution < -0.4 is 10.2 Å². The minimum Gasteiger partial charge on any atom is -0.378 e. The molecule has 3 heteroatoms. The molecule has 1 aliphatic rings. The van der Waals surface area contributed by atoms with Gasteiger partial charge in [-0.1, -0.05) is 18.2 Å². The van der Waals surface area contributed by atoms with Gasteiger partial charge in [0.1, 0.15) is 5.82 Å². The van der Waals surface area contributed by atoms with E-state index in [0.29, 0.717) is 6.04 Å². The van der Waals surface area contributed by atoms with Gasteiger partial charge in [0.25, 0.3) is 0 Å². The summed E-state index contributed by atoms with van der Waals surface area (Å²) in [5.74, 6) is -0.127. The Labute approximate surface area is 132 Å². The summed E-state index contributed by atoms with van der Waals surface area (Å²) >= 11 is 0. The first-order valence-electron chi connectivity index (χ1n) is 7.91. The van der Waals surface area contributed by atoms with Crippen LogP contribution in [0.2, 0.25) is 0 Å². The Bertz CT molecular complexity index is 652. The van der Waals surface area contributed by atoms with Crippen LogP contribution in [0, 0.1) is 5.82 Å². The second-order valence-corrected chi connectivity index (χ2v) is 6.23. The van der Waals surface area contributed by atoms with Crippen LogP contribution in [0.1, 0.15) is 35.6 Å². The molecule has 0 amide bonds. The number of halogens is 1. The zero-order chi connectivity index (χ0) is 15.5. The summed E-state index contributed by atoms with van der Waals surface area (Å²) in [6, 6.07) is 14.1. The van der Waals surface area contributed by atoms with Crippen molar-refractivity contribution in [2.24, 2.45) is 0 Å². The summed E-state index contributed by atoms with van der Waals surface area (Å²) in [6.45, 7) is 0.836. The molecule has 3 rings (SSSR count). The molecular weight excluding hydrogens is 275 g/mol. The Balaban J connectivity index is 1.71. The van der Waals surface area contributed by atoms with Crippen molar-refractivity contribution in [2.45, 2.75) is 31.8 Å². The predicted octanol–water partition coefficient (Wildman–Crippen LogP) is 4.06. The number of benzene rings is 2. The topological polar surface area (TPSA) is 15.3 Å². The molecule has 2 nitrogen and oxygen atoms in total. The van der Waals surface area contributed by atoms with Gasteiger partial charge in [0, 0.05) is 32.4 Å². The van der Waals surface area contributed by atoms with Crippen LogP contribution >= 0.6 is 0 Å². The molecule has 1 N–H and O–H groups in total. The Morgan fingerprint density at radius 1 is 1.18 bits per heavy atom. The van der Waals surface area contributed by atoms with E-state index < -0.39 is 0 Å². The SMILES string of the molecule is CN(C)c1cccc(CNC2CCCc3cc(F)ccc32)c1. The molecule has 2 aromatic carbocycles. The Hall–Kier alpha value is -1.87. The summed E-state index contributed by atoms with van der Waals surface area (Å²) in [7, 11) is 4.11. The molecule has 0 radical (unpaired) electrons. The highest BCUT2D eigenvalue weighted by atomic mass is 19.1. The summed E-state index contributed by atoms with van der Waals surface area (Å²) in [5.41, 5.74) is 4.91. The highest BCUT2D eigenvalue weighted by molar-refractivity contribution is 5.47. The van der Waals surface area contributed by atoms with Gasteiger partial charge < -0.3 is 10.2 Å². The van der Waals surface area contributed by atoms with Crippen molar-refractivity contribution in [3.8, 4) is 0 Å². The first-order valence-corrected chi connectivity index (χ1v) is 7.91. The van der Waals surface area contributed by atoms with E-state index in [2.05, 4.69) is 48.6 Å². The normalized spacial score (nSPS) is 17.1. The Morgan fingerprint density at radius 3 is 2.86 bits per heavy atom. The number of nitrogens with zero attached hydrogens (tertiary/aromatic N) is 1. The molecule has 0 saturated heterocycles. The van der Waals surface area contributed by atoms with Gasteiger partial charge in [-0.05, 0) is 60.2 Å². The number of anilines is 1. The van der Waals surface area contributed by atoms with E-state index in [1.54, 1.807) is 12.1 Å². The summed E-state index contributed by atoms with van der Waals surface area (Å²) < 4.78 is 13.4. The molecule has 2 aromatic rings. The van der Waals surface area contributed by atoms with E-state index in [4.69, 9.17) is 0 Å². The van der Waals surface area contributed by atoms with Crippen LogP contribution in [0.25, 0.3) is 0 Å². The van der Waals surface area contributed by atoms with Gasteiger partial charge in [-0.2, -0.15) is 0 Å². The van der Waals surface area contributed by atoms with Crippen molar-refractivity contribution in [1.29, 1.82) is 0 Å². The number of rotatable bonds is 4. The standard InChI is InChI=1S/C19H23FN2/c1-22(2)17-7-3-5-14(11-17)13-21-19-8-4-6-15-12-16(20)9-10-18(15)19/h3,5,7,9-12,19,21H,4,6,8,13H2,1-2H3. The quantitative estimate of drug-likeness (QED) is 0.915. The minimum atomic E-state index is -0.127. The second kappa shape index (κ2) is 6.49. The molecule has 1 aliphatic carbocycles. The van der Waals surface area contributed by atoms with E-state index >= 15 is 0 Å². The molecule has 0 fully saturated rings. The highest BCUT2D eigenvalue weighted by Crippen LogP contribution is 2.30. The molecule has 1 atom stereocenters. The van der Waals surface area contributed by atoms with E-state index in [9.17, 15) is 4.39 Å². The maximum absolute atomic E-state index is 13.4. The van der Waals surface area contributed by atoms with Gasteiger partial charge in [0.05, 0.1) is 0 Å². The van der Waals surface area contributed by atoms with E-state index in [0.717, 1.165) is 31.4 Å². The molecule has 0 heterocycles. The maximum Gasteiger partial charge on any atom is 0.123 e. The van der Waals surface area contributed by atoms with Gasteiger partial charge in [0.2, 0.25) is 0 Å². The minimum absolute atomic E-state index is 0.127. The fraction of sp³-hybridized carbons (Fsp3) is 0.368. The zero-order valence-electron chi connectivity index (χ0n) is 13.3. The van der Waals surface area contributed by atoms with Crippen LogP contribution in [0.15, 0.2) is 42.5 Å². The second-order valence-electron chi connectivity index (χ2n) is 6.23. The maximum atomic E-state index is 13.4. The zero-order valence-corrected chi connectivity index (χ0v) is 13.3. The van der Waals surface area contributed by atoms with Gasteiger partial charge in [-0.25, -0.2) is 4.39 Å². The van der Waals surface area contributed by atoms with Crippen molar-refractivity contribution in [3.63, 3.8) is 0 Å². The average Bonchev–Trinajstić information content (AvgIpc) is 2.52. The van der Waals surface area contributed by atoms with Gasteiger partial charge in [-0.3, -0.25) is 0 Å². The average molecular weight is 298 g/mol. The summed E-state index contributed by atoms with van der Waals surface area (Å²) in [6.07, 6.45) is 3.22. The third kappa shape index (κ3) is 3.30. The lowest BCUT2D eigenvalue weighted by molar-refractivity contribution is 0.457. The number of aryl methyl sites for hydroxylation is 1. The molecule has 0 saturated carbocycles. The highest BCUT2D eigenvalue weighted by Gasteiger charge is 2.20. The molecule has 0 spiro atoms. The lowest BCUT2D eigenvalue weighted by Crippen LogP contribution is -2.25. The van der Waals surface area contributed by atoms with Crippen molar-refractivity contribution >= 4 is 5.69 Å². The van der Waals surface area contributed by atoms with Crippen LogP contribution in [-0.2, 0) is 13.0 Å². The smallest absolute Gasteiger partial charge is 0.123 e. The van der Waals surface area contributed by atoms with Crippen LogP contribution in [0.5, 0.6) is 0 Å². The lowest BCUT2D eigenvalue weighted by atomic mass is 9.87. The van der Waals surface area contributed by atoms with E-state index in [1.807, 2.05) is 6.07 Å². The number of fused-ring (bicyclic) bond motifs is 1. The third-order valence-corrected chi connectivity index (χ3v) is 4.40. The molecule has 0 aliphatic heterocycles. The molecular formula is C19H23FN2. The largest absolute Gasteiger partial charge is 0.378 e. The molecule has 0 bridgehead atoms. The fourth-order valence-corrected chi connectivity index (χ4v) is 3.18. The summed E-state index contributed by atoms with van der Waals surface area (Å²) in [4.78, 5) is 2.11. The third-order valence-electron chi connectivity index (χ3n) is 4.40. The molecule has 22 heavy (non-hydrogen) atoms. The molecule has 0 aromatic heterocycles. The first kappa shape index (κ1) is 15.0. The predicted molar refractivity (Wildman–Crippen MR) is 89.7 cm³/mol. The van der Waals surface area contributed by atoms with Crippen molar-refractivity contribution < 1.29 is 4.39 Å². The first-order chi connectivity index (χ1) is 10.6. The lowest BCUT2D eigenvalue weighted by Gasteiger charge is -2.27. The monoisotopic (exact) mass is 298 g/mol. The summed E-state index contributed by atoms with van der Waals surface area (Å²) in [5, 5.41) is 3.64. The Kier molecular flexibility index (Phi) is 4.44. The van der Waals surface area contributed by atoms with Gasteiger partial charge in [0.15, 0.2) is 0 Å². The number of nitrogens with one attached hydrogen (secondary N) is 1. The fourth-order valence-electron chi connectivity index (χ4n) is 3.18. The van der Waals surface area contributed by atoms with Crippen LogP contribution in [-0.4, -0.2) is 14.1 Å². The van der Waals surface area contributed by atoms with Crippen molar-refractivity contribution in [1.82, 2.24) is 5.32 Å². The Morgan fingerprint density at radius 2 is 2.05 bits per heavy atom. The van der Waals surface area contributed by atoms with Crippen LogP contribution in [0.4, 0.5) is 10.1 Å². The van der Waals surface area contributed by atoms with E-state index in [-0.39, 0.29) is 5.82 Å². The van der Waals surface area contributed by atoms with Crippen molar-refractivity contribution in [3.05, 3.63) is 65.0 Å². The van der Waals surface area contributed by atoms with Crippen LogP contribution in [0.3, 0.4) is 0 Å². The molecule has 116 valence electrons. The van der Waals surface area contributed by atoms with Gasteiger partial charge >= 0.3 is 0 Å². The van der Waals surface area contributed by atoms with E-state index in [1.165, 1.54) is 16.8 Å². The van der Waals surface area contributed by atoms with Gasteiger partial charge in [-0.15, -0.1) is 0 Å². The number of hydrogen-bond acceptors (Lipinski definition) is 2.